The van der Waals surface area contributed by atoms with E-state index >= 15 is 0 Å². The number of benzene rings is 1. The lowest BCUT2D eigenvalue weighted by molar-refractivity contribution is 0.188. The van der Waals surface area contributed by atoms with Gasteiger partial charge in [0.25, 0.3) is 0 Å². The lowest BCUT2D eigenvalue weighted by Gasteiger charge is -2.31. The number of hydrogen-bond donors (Lipinski definition) is 0. The largest absolute Gasteiger partial charge is 0.303 e. The molecule has 0 amide bonds. The second-order valence-electron chi connectivity index (χ2n) is 4.69. The number of para-hydroxylation sites is 1. The number of likely N-dealkylation sites (tertiary alicyclic amines) is 1. The summed E-state index contributed by atoms with van der Waals surface area (Å²) in [6, 6.07) is 8.73. The SMILES string of the molecule is CCN1CCC(n2nnc3ccccc32)CC1. The maximum absolute atomic E-state index is 4.32. The maximum atomic E-state index is 4.32. The molecule has 17 heavy (non-hydrogen) atoms. The lowest BCUT2D eigenvalue weighted by Crippen LogP contribution is -2.34. The highest BCUT2D eigenvalue weighted by Gasteiger charge is 2.21. The Bertz CT molecular complexity index is 497. The normalized spacial score (nSPS) is 18.9. The Morgan fingerprint density at radius 2 is 2.00 bits per heavy atom. The Labute approximate surface area is 101 Å². The molecule has 90 valence electrons. The van der Waals surface area contributed by atoms with E-state index in [0.29, 0.717) is 6.04 Å². The summed E-state index contributed by atoms with van der Waals surface area (Å²) in [4.78, 5) is 2.50. The van der Waals surface area contributed by atoms with Crippen LogP contribution in [0.2, 0.25) is 0 Å². The minimum atomic E-state index is 0.519. The molecule has 4 heteroatoms. The van der Waals surface area contributed by atoms with Crippen LogP contribution in [0.15, 0.2) is 24.3 Å². The quantitative estimate of drug-likeness (QED) is 0.792. The van der Waals surface area contributed by atoms with Crippen LogP contribution in [0.3, 0.4) is 0 Å². The van der Waals surface area contributed by atoms with Crippen molar-refractivity contribution in [3.05, 3.63) is 24.3 Å². The number of rotatable bonds is 2. The molecule has 0 atom stereocenters. The summed E-state index contributed by atoms with van der Waals surface area (Å²) < 4.78 is 2.11. The van der Waals surface area contributed by atoms with Gasteiger partial charge in [0.05, 0.1) is 11.6 Å². The molecule has 1 aromatic carbocycles. The van der Waals surface area contributed by atoms with Crippen LogP contribution in [0.1, 0.15) is 25.8 Å². The van der Waals surface area contributed by atoms with Gasteiger partial charge < -0.3 is 4.90 Å². The van der Waals surface area contributed by atoms with Gasteiger partial charge in [-0.3, -0.25) is 0 Å². The van der Waals surface area contributed by atoms with Crippen molar-refractivity contribution >= 4 is 11.0 Å². The van der Waals surface area contributed by atoms with E-state index in [9.17, 15) is 0 Å². The minimum absolute atomic E-state index is 0.519. The Kier molecular flexibility index (Phi) is 2.81. The van der Waals surface area contributed by atoms with Crippen molar-refractivity contribution in [3.8, 4) is 0 Å². The number of aromatic nitrogens is 3. The van der Waals surface area contributed by atoms with Crippen molar-refractivity contribution in [2.75, 3.05) is 19.6 Å². The van der Waals surface area contributed by atoms with Gasteiger partial charge in [-0.05, 0) is 31.5 Å². The second kappa shape index (κ2) is 4.45. The van der Waals surface area contributed by atoms with Gasteiger partial charge in [0.15, 0.2) is 0 Å². The highest BCUT2D eigenvalue weighted by atomic mass is 15.4. The molecule has 0 N–H and O–H groups in total. The molecule has 0 spiro atoms. The number of piperidine rings is 1. The minimum Gasteiger partial charge on any atom is -0.303 e. The fourth-order valence-electron chi connectivity index (χ4n) is 2.64. The van der Waals surface area contributed by atoms with Gasteiger partial charge in [0.1, 0.15) is 5.52 Å². The molecule has 1 aliphatic heterocycles. The fraction of sp³-hybridized carbons (Fsp3) is 0.538. The van der Waals surface area contributed by atoms with E-state index < -0.39 is 0 Å². The van der Waals surface area contributed by atoms with E-state index in [1.54, 1.807) is 0 Å². The zero-order valence-corrected chi connectivity index (χ0v) is 10.2. The molecule has 1 aromatic heterocycles. The smallest absolute Gasteiger partial charge is 0.113 e. The molecule has 0 radical (unpaired) electrons. The average molecular weight is 230 g/mol. The molecular formula is C13H18N4. The van der Waals surface area contributed by atoms with Crippen LogP contribution in [0.25, 0.3) is 11.0 Å². The number of nitrogens with zero attached hydrogens (tertiary/aromatic N) is 4. The summed E-state index contributed by atoms with van der Waals surface area (Å²) in [5.41, 5.74) is 2.17. The van der Waals surface area contributed by atoms with E-state index in [-0.39, 0.29) is 0 Å². The van der Waals surface area contributed by atoms with Gasteiger partial charge in [-0.25, -0.2) is 4.68 Å². The Hall–Kier alpha value is -1.42. The van der Waals surface area contributed by atoms with Crippen LogP contribution >= 0.6 is 0 Å². The van der Waals surface area contributed by atoms with Gasteiger partial charge in [-0.2, -0.15) is 0 Å². The topological polar surface area (TPSA) is 34.0 Å². The maximum Gasteiger partial charge on any atom is 0.113 e. The van der Waals surface area contributed by atoms with Gasteiger partial charge in [0, 0.05) is 13.1 Å². The van der Waals surface area contributed by atoms with Crippen LogP contribution in [0.4, 0.5) is 0 Å². The van der Waals surface area contributed by atoms with Crippen molar-refractivity contribution in [1.82, 2.24) is 19.9 Å². The van der Waals surface area contributed by atoms with Crippen molar-refractivity contribution in [1.29, 1.82) is 0 Å². The van der Waals surface area contributed by atoms with Gasteiger partial charge in [-0.1, -0.05) is 24.3 Å². The fourth-order valence-corrected chi connectivity index (χ4v) is 2.64. The summed E-state index contributed by atoms with van der Waals surface area (Å²) in [7, 11) is 0. The van der Waals surface area contributed by atoms with E-state index in [2.05, 4.69) is 39.0 Å². The zero-order chi connectivity index (χ0) is 11.7. The van der Waals surface area contributed by atoms with E-state index in [0.717, 1.165) is 12.1 Å². The summed E-state index contributed by atoms with van der Waals surface area (Å²) in [6.07, 6.45) is 2.36. The predicted molar refractivity (Wildman–Crippen MR) is 67.9 cm³/mol. The first-order chi connectivity index (χ1) is 8.38. The summed E-state index contributed by atoms with van der Waals surface area (Å²) >= 11 is 0. The molecule has 2 heterocycles. The van der Waals surface area contributed by atoms with Gasteiger partial charge in [0.2, 0.25) is 0 Å². The Morgan fingerprint density at radius 3 is 2.76 bits per heavy atom. The average Bonchev–Trinajstić information content (AvgIpc) is 2.83. The molecule has 0 aliphatic carbocycles. The molecule has 2 aromatic rings. The first-order valence-electron chi connectivity index (χ1n) is 6.41. The van der Waals surface area contributed by atoms with Crippen molar-refractivity contribution < 1.29 is 0 Å². The first-order valence-corrected chi connectivity index (χ1v) is 6.41. The third kappa shape index (κ3) is 1.93. The predicted octanol–water partition coefficient (Wildman–Crippen LogP) is 2.09. The molecule has 0 unspecified atom stereocenters. The highest BCUT2D eigenvalue weighted by molar-refractivity contribution is 5.73. The van der Waals surface area contributed by atoms with Crippen molar-refractivity contribution in [2.24, 2.45) is 0 Å². The van der Waals surface area contributed by atoms with Crippen LogP contribution in [0.5, 0.6) is 0 Å². The monoisotopic (exact) mass is 230 g/mol. The van der Waals surface area contributed by atoms with Crippen LogP contribution < -0.4 is 0 Å². The van der Waals surface area contributed by atoms with E-state index in [4.69, 9.17) is 0 Å². The molecule has 4 nitrogen and oxygen atoms in total. The number of hydrogen-bond acceptors (Lipinski definition) is 3. The van der Waals surface area contributed by atoms with Crippen LogP contribution in [-0.4, -0.2) is 39.5 Å². The van der Waals surface area contributed by atoms with Crippen LogP contribution in [0, 0.1) is 0 Å². The summed E-state index contributed by atoms with van der Waals surface area (Å²) in [5, 5.41) is 8.55. The summed E-state index contributed by atoms with van der Waals surface area (Å²) in [5.74, 6) is 0. The third-order valence-corrected chi connectivity index (χ3v) is 3.73. The molecule has 3 rings (SSSR count). The second-order valence-corrected chi connectivity index (χ2v) is 4.69. The van der Waals surface area contributed by atoms with Crippen LogP contribution in [-0.2, 0) is 0 Å². The molecule has 0 bridgehead atoms. The van der Waals surface area contributed by atoms with Crippen molar-refractivity contribution in [2.45, 2.75) is 25.8 Å². The Balaban J connectivity index is 1.85. The Morgan fingerprint density at radius 1 is 1.24 bits per heavy atom. The molecule has 1 saturated heterocycles. The van der Waals surface area contributed by atoms with Gasteiger partial charge >= 0.3 is 0 Å². The zero-order valence-electron chi connectivity index (χ0n) is 10.2. The first kappa shape index (κ1) is 10.7. The molecule has 1 aliphatic rings. The third-order valence-electron chi connectivity index (χ3n) is 3.73. The number of fused-ring (bicyclic) bond motifs is 1. The molecule has 0 saturated carbocycles. The van der Waals surface area contributed by atoms with E-state index in [1.165, 1.54) is 31.4 Å². The molecular weight excluding hydrogens is 212 g/mol. The van der Waals surface area contributed by atoms with Crippen molar-refractivity contribution in [3.63, 3.8) is 0 Å². The standard InChI is InChI=1S/C13H18N4/c1-2-16-9-7-11(8-10-16)17-13-6-4-3-5-12(13)14-15-17/h3-6,11H,2,7-10H2,1H3. The lowest BCUT2D eigenvalue weighted by atomic mass is 10.1. The van der Waals surface area contributed by atoms with Gasteiger partial charge in [-0.15, -0.1) is 5.10 Å². The molecule has 1 fully saturated rings. The summed E-state index contributed by atoms with van der Waals surface area (Å²) in [6.45, 7) is 5.74. The van der Waals surface area contributed by atoms with E-state index in [1.807, 2.05) is 12.1 Å². The highest BCUT2D eigenvalue weighted by Crippen LogP contribution is 2.24.